The Kier molecular flexibility index (Phi) is 3.37. The second kappa shape index (κ2) is 5.70. The van der Waals surface area contributed by atoms with E-state index in [1.165, 1.54) is 11.9 Å². The first-order chi connectivity index (χ1) is 13.5. The molecule has 1 fully saturated rings. The highest BCUT2D eigenvalue weighted by molar-refractivity contribution is 6.10. The van der Waals surface area contributed by atoms with E-state index in [-0.39, 0.29) is 11.8 Å². The molecule has 5 rings (SSSR count). The molecule has 138 valence electrons. The van der Waals surface area contributed by atoms with E-state index >= 15 is 0 Å². The van der Waals surface area contributed by atoms with E-state index in [0.717, 1.165) is 11.1 Å². The first kappa shape index (κ1) is 16.6. The van der Waals surface area contributed by atoms with Crippen molar-refractivity contribution in [2.45, 2.75) is 18.9 Å². The number of rotatable bonds is 1. The number of likely N-dealkylation sites (tertiary alicyclic amines) is 1. The van der Waals surface area contributed by atoms with Crippen LogP contribution in [0.25, 0.3) is 0 Å². The number of likely N-dealkylation sites (N-methyl/N-ethyl adjacent to an activating group) is 1. The normalized spacial score (nSPS) is 25.2. The van der Waals surface area contributed by atoms with Crippen LogP contribution in [-0.2, 0) is 9.59 Å². The van der Waals surface area contributed by atoms with Crippen molar-refractivity contribution in [1.29, 1.82) is 5.26 Å². The lowest BCUT2D eigenvalue weighted by Gasteiger charge is -2.37. The third kappa shape index (κ3) is 2.01. The summed E-state index contributed by atoms with van der Waals surface area (Å²) in [4.78, 5) is 29.0. The number of benzene rings is 2. The molecule has 1 saturated heterocycles. The Morgan fingerprint density at radius 2 is 1.75 bits per heavy atom. The Bertz CT molecular complexity index is 1100. The zero-order chi connectivity index (χ0) is 19.6. The molecule has 0 aliphatic carbocycles. The van der Waals surface area contributed by atoms with Gasteiger partial charge in [0.1, 0.15) is 12.1 Å². The predicted octanol–water partition coefficient (Wildman–Crippen LogP) is 2.71. The van der Waals surface area contributed by atoms with Gasteiger partial charge >= 0.3 is 0 Å². The van der Waals surface area contributed by atoms with Crippen molar-refractivity contribution in [3.63, 3.8) is 0 Å². The van der Waals surface area contributed by atoms with Gasteiger partial charge in [-0.25, -0.2) is 0 Å². The Morgan fingerprint density at radius 1 is 1.04 bits per heavy atom. The van der Waals surface area contributed by atoms with Crippen molar-refractivity contribution in [2.75, 3.05) is 11.9 Å². The molecule has 0 radical (unpaired) electrons. The maximum Gasteiger partial charge on any atom is 0.252 e. The van der Waals surface area contributed by atoms with E-state index in [0.29, 0.717) is 22.9 Å². The summed E-state index contributed by atoms with van der Waals surface area (Å²) in [5.74, 6) is -0.806. The van der Waals surface area contributed by atoms with Gasteiger partial charge in [0.15, 0.2) is 5.75 Å². The first-order valence-corrected chi connectivity index (χ1v) is 9.11. The summed E-state index contributed by atoms with van der Waals surface area (Å²) in [5, 5.41) is 10.0. The van der Waals surface area contributed by atoms with Gasteiger partial charge in [-0.3, -0.25) is 19.4 Å². The quantitative estimate of drug-likeness (QED) is 0.721. The molecule has 0 saturated carbocycles. The summed E-state index contributed by atoms with van der Waals surface area (Å²) in [6.07, 6.45) is 0. The van der Waals surface area contributed by atoms with Crippen LogP contribution in [0.1, 0.15) is 17.0 Å². The predicted molar refractivity (Wildman–Crippen MR) is 101 cm³/mol. The Labute approximate surface area is 162 Å². The molecule has 3 aliphatic heterocycles. The van der Waals surface area contributed by atoms with Crippen LogP contribution in [0.15, 0.2) is 60.0 Å². The van der Waals surface area contributed by atoms with Crippen LogP contribution in [0.4, 0.5) is 5.69 Å². The summed E-state index contributed by atoms with van der Waals surface area (Å²) in [6.45, 7) is 1.98. The standard InChI is InChI=1S/C22H17N3O3/c1-12-7-9-13(10-8-12)17-14(11-23)22-25(15-5-3-4-6-16(15)28-22)19-18(17)20(26)24(2)21(19)27/h3-10,17-19H,1-2H3/t17-,18-,19+/m0/s1. The Morgan fingerprint density at radius 3 is 2.46 bits per heavy atom. The van der Waals surface area contributed by atoms with Gasteiger partial charge in [-0.2, -0.15) is 5.26 Å². The minimum atomic E-state index is -0.723. The third-order valence-corrected chi connectivity index (χ3v) is 5.83. The number of amides is 2. The monoisotopic (exact) mass is 371 g/mol. The highest BCUT2D eigenvalue weighted by Crippen LogP contribution is 2.53. The summed E-state index contributed by atoms with van der Waals surface area (Å²) in [6, 6.07) is 16.6. The van der Waals surface area contributed by atoms with Crippen LogP contribution in [0.5, 0.6) is 5.75 Å². The number of aryl methyl sites for hydroxylation is 1. The average Bonchev–Trinajstić information content (AvgIpc) is 3.19. The number of hydrogen-bond acceptors (Lipinski definition) is 5. The number of fused-ring (bicyclic) bond motifs is 5. The Hall–Kier alpha value is -3.59. The summed E-state index contributed by atoms with van der Waals surface area (Å²) < 4.78 is 6.02. The number of imide groups is 1. The fourth-order valence-electron chi connectivity index (χ4n) is 4.46. The molecule has 6 nitrogen and oxygen atoms in total. The van der Waals surface area contributed by atoms with Crippen LogP contribution in [-0.4, -0.2) is 29.8 Å². The van der Waals surface area contributed by atoms with Gasteiger partial charge in [-0.1, -0.05) is 42.0 Å². The molecule has 0 bridgehead atoms. The van der Waals surface area contributed by atoms with E-state index < -0.39 is 17.9 Å². The van der Waals surface area contributed by atoms with Crippen LogP contribution in [0, 0.1) is 24.2 Å². The van der Waals surface area contributed by atoms with Crippen LogP contribution in [0.2, 0.25) is 0 Å². The molecular formula is C22H17N3O3. The molecule has 3 aliphatic rings. The van der Waals surface area contributed by atoms with Gasteiger partial charge in [0.25, 0.3) is 5.91 Å². The fraction of sp³-hybridized carbons (Fsp3) is 0.227. The molecule has 6 heteroatoms. The minimum Gasteiger partial charge on any atom is -0.438 e. The summed E-state index contributed by atoms with van der Waals surface area (Å²) in [7, 11) is 1.50. The lowest BCUT2D eigenvalue weighted by Crippen LogP contribution is -2.48. The molecule has 28 heavy (non-hydrogen) atoms. The fourth-order valence-corrected chi connectivity index (χ4v) is 4.46. The van der Waals surface area contributed by atoms with Gasteiger partial charge in [-0.15, -0.1) is 0 Å². The van der Waals surface area contributed by atoms with E-state index in [9.17, 15) is 14.9 Å². The second-order valence-electron chi connectivity index (χ2n) is 7.36. The minimum absolute atomic E-state index is 0.267. The Balaban J connectivity index is 1.78. The number of hydrogen-bond donors (Lipinski definition) is 0. The topological polar surface area (TPSA) is 73.6 Å². The molecule has 0 aromatic heterocycles. The first-order valence-electron chi connectivity index (χ1n) is 9.11. The molecule has 3 heterocycles. The molecule has 3 atom stereocenters. The molecule has 2 aromatic carbocycles. The maximum absolute atomic E-state index is 13.1. The van der Waals surface area contributed by atoms with Crippen molar-refractivity contribution in [3.8, 4) is 11.8 Å². The smallest absolute Gasteiger partial charge is 0.252 e. The van der Waals surface area contributed by atoms with Crippen molar-refractivity contribution in [2.24, 2.45) is 5.92 Å². The molecule has 0 spiro atoms. The van der Waals surface area contributed by atoms with Crippen LogP contribution >= 0.6 is 0 Å². The number of anilines is 1. The number of carbonyl (C=O) groups is 2. The largest absolute Gasteiger partial charge is 0.438 e. The van der Waals surface area contributed by atoms with Gasteiger partial charge in [-0.05, 0) is 24.6 Å². The van der Waals surface area contributed by atoms with Crippen LogP contribution < -0.4 is 9.64 Å². The van der Waals surface area contributed by atoms with E-state index in [1.54, 1.807) is 11.0 Å². The second-order valence-corrected chi connectivity index (χ2v) is 7.36. The van der Waals surface area contributed by atoms with E-state index in [4.69, 9.17) is 4.74 Å². The lowest BCUT2D eigenvalue weighted by molar-refractivity contribution is -0.137. The number of ether oxygens (including phenoxy) is 1. The van der Waals surface area contributed by atoms with Crippen molar-refractivity contribution in [3.05, 3.63) is 71.1 Å². The number of carbonyl (C=O) groups excluding carboxylic acids is 2. The zero-order valence-corrected chi connectivity index (χ0v) is 15.4. The molecule has 2 aromatic rings. The highest BCUT2D eigenvalue weighted by atomic mass is 16.5. The lowest BCUT2D eigenvalue weighted by atomic mass is 9.75. The number of para-hydroxylation sites is 2. The van der Waals surface area contributed by atoms with Gasteiger partial charge < -0.3 is 4.74 Å². The van der Waals surface area contributed by atoms with Crippen LogP contribution in [0.3, 0.4) is 0 Å². The average molecular weight is 371 g/mol. The van der Waals surface area contributed by atoms with Gasteiger partial charge in [0.2, 0.25) is 11.8 Å². The number of nitrogens with zero attached hydrogens (tertiary/aromatic N) is 3. The summed E-state index contributed by atoms with van der Waals surface area (Å²) in [5.41, 5.74) is 3.00. The van der Waals surface area contributed by atoms with E-state index in [1.807, 2.05) is 49.4 Å². The highest BCUT2D eigenvalue weighted by Gasteiger charge is 2.59. The molecular weight excluding hydrogens is 354 g/mol. The van der Waals surface area contributed by atoms with Gasteiger partial charge in [0.05, 0.1) is 17.2 Å². The third-order valence-electron chi connectivity index (χ3n) is 5.83. The maximum atomic E-state index is 13.1. The molecule has 2 amide bonds. The molecule has 0 unspecified atom stereocenters. The van der Waals surface area contributed by atoms with Crippen molar-refractivity contribution < 1.29 is 14.3 Å². The number of allylic oxidation sites excluding steroid dienone is 1. The van der Waals surface area contributed by atoms with Crippen molar-refractivity contribution >= 4 is 17.5 Å². The van der Waals surface area contributed by atoms with Gasteiger partial charge in [0, 0.05) is 13.0 Å². The van der Waals surface area contributed by atoms with Crippen molar-refractivity contribution in [1.82, 2.24) is 4.90 Å². The summed E-state index contributed by atoms with van der Waals surface area (Å²) >= 11 is 0. The number of nitriles is 1. The van der Waals surface area contributed by atoms with E-state index in [2.05, 4.69) is 6.07 Å². The SMILES string of the molecule is Cc1ccc([C@H]2C(C#N)=C3Oc4ccccc4N3[C@H]3C(=O)N(C)C(=O)[C@@H]23)cc1. The zero-order valence-electron chi connectivity index (χ0n) is 15.4. The molecule has 0 N–H and O–H groups in total.